The van der Waals surface area contributed by atoms with Crippen LogP contribution in [-0.4, -0.2) is 20.1 Å². The first-order chi connectivity index (χ1) is 9.02. The van der Waals surface area contributed by atoms with Gasteiger partial charge in [0.05, 0.1) is 18.5 Å². The molecule has 0 aliphatic heterocycles. The Hall–Kier alpha value is -2.05. The van der Waals surface area contributed by atoms with Crippen molar-refractivity contribution in [3.8, 4) is 5.75 Å². The lowest BCUT2D eigenvalue weighted by molar-refractivity contribution is 0.416. The first-order valence-corrected chi connectivity index (χ1v) is 6.84. The number of hydrogen-bond donors (Lipinski definition) is 2. The molecule has 0 fully saturated rings. The zero-order chi connectivity index (χ0) is 13.9. The second kappa shape index (κ2) is 5.29. The maximum atomic E-state index is 11.3. The Morgan fingerprint density at radius 3 is 2.63 bits per heavy atom. The van der Waals surface area contributed by atoms with Crippen LogP contribution in [0, 0.1) is 6.07 Å². The van der Waals surface area contributed by atoms with Gasteiger partial charge in [0.2, 0.25) is 0 Å². The van der Waals surface area contributed by atoms with Gasteiger partial charge in [-0.15, -0.1) is 0 Å². The first kappa shape index (κ1) is 13.4. The number of methoxy groups -OCH3 is 1. The van der Waals surface area contributed by atoms with E-state index in [1.807, 2.05) is 0 Å². The molecule has 2 aromatic carbocycles. The van der Waals surface area contributed by atoms with Gasteiger partial charge in [0, 0.05) is 0 Å². The zero-order valence-electron chi connectivity index (χ0n) is 10.1. The van der Waals surface area contributed by atoms with E-state index in [9.17, 15) is 8.42 Å². The molecular weight excluding hydrogens is 266 g/mol. The van der Waals surface area contributed by atoms with Gasteiger partial charge in [0.1, 0.15) is 10.6 Å². The highest BCUT2D eigenvalue weighted by Gasteiger charge is 2.15. The van der Waals surface area contributed by atoms with E-state index >= 15 is 0 Å². The summed E-state index contributed by atoms with van der Waals surface area (Å²) in [7, 11) is -2.78. The summed E-state index contributed by atoms with van der Waals surface area (Å²) in [5.41, 5.74) is 0.854. The summed E-state index contributed by atoms with van der Waals surface area (Å²) in [4.78, 5) is -0.190. The first-order valence-electron chi connectivity index (χ1n) is 5.40. The quantitative estimate of drug-likeness (QED) is 0.840. The third-order valence-electron chi connectivity index (χ3n) is 2.48. The van der Waals surface area contributed by atoms with Crippen LogP contribution < -0.4 is 10.1 Å². The van der Waals surface area contributed by atoms with Crippen LogP contribution in [0.3, 0.4) is 0 Å². The van der Waals surface area contributed by atoms with Gasteiger partial charge in [-0.1, -0.05) is 18.2 Å². The van der Waals surface area contributed by atoms with E-state index in [1.54, 1.807) is 30.3 Å². The van der Waals surface area contributed by atoms with Crippen molar-refractivity contribution in [2.45, 2.75) is 4.90 Å². The lowest BCUT2D eigenvalue weighted by atomic mass is 10.2. The third-order valence-corrected chi connectivity index (χ3v) is 3.39. The Morgan fingerprint density at radius 1 is 1.21 bits per heavy atom. The second-order valence-electron chi connectivity index (χ2n) is 3.72. The fraction of sp³-hybridized carbons (Fsp3) is 0.0769. The number of anilines is 2. The molecule has 0 aliphatic rings. The highest BCUT2D eigenvalue weighted by molar-refractivity contribution is 7.86. The summed E-state index contributed by atoms with van der Waals surface area (Å²) in [6.07, 6.45) is 0. The molecule has 2 aromatic rings. The Bertz CT molecular complexity index is 683. The minimum atomic E-state index is -4.28. The molecule has 1 radical (unpaired) electrons. The molecule has 0 saturated heterocycles. The number of ether oxygens (including phenoxy) is 1. The molecule has 0 unspecified atom stereocenters. The van der Waals surface area contributed by atoms with Crippen molar-refractivity contribution in [2.24, 2.45) is 0 Å². The van der Waals surface area contributed by atoms with Crippen LogP contribution in [0.15, 0.2) is 47.4 Å². The van der Waals surface area contributed by atoms with Gasteiger partial charge >= 0.3 is 0 Å². The number of benzene rings is 2. The van der Waals surface area contributed by atoms with E-state index in [-0.39, 0.29) is 10.6 Å². The molecule has 2 N–H and O–H groups in total. The molecule has 2 rings (SSSR count). The van der Waals surface area contributed by atoms with Crippen molar-refractivity contribution in [1.82, 2.24) is 0 Å². The molecule has 0 bridgehead atoms. The average Bonchev–Trinajstić information content (AvgIpc) is 2.39. The van der Waals surface area contributed by atoms with Crippen LogP contribution in [-0.2, 0) is 10.1 Å². The normalized spacial score (nSPS) is 11.1. The zero-order valence-corrected chi connectivity index (χ0v) is 10.9. The molecule has 0 aliphatic carbocycles. The molecule has 0 spiro atoms. The maximum absolute atomic E-state index is 11.3. The van der Waals surface area contributed by atoms with E-state index in [0.717, 1.165) is 0 Å². The van der Waals surface area contributed by atoms with Crippen LogP contribution in [0.1, 0.15) is 0 Å². The smallest absolute Gasteiger partial charge is 0.296 e. The van der Waals surface area contributed by atoms with Gasteiger partial charge in [0.15, 0.2) is 0 Å². The maximum Gasteiger partial charge on any atom is 0.296 e. The molecule has 0 atom stereocenters. The van der Waals surface area contributed by atoms with E-state index in [1.165, 1.54) is 19.2 Å². The Labute approximate surface area is 111 Å². The SMILES string of the molecule is COc1c[c]ccc1Nc1ccccc1S(=O)(=O)O. The van der Waals surface area contributed by atoms with Gasteiger partial charge in [-0.25, -0.2) is 0 Å². The Kier molecular flexibility index (Phi) is 3.73. The van der Waals surface area contributed by atoms with Crippen LogP contribution in [0.25, 0.3) is 0 Å². The molecule has 0 amide bonds. The summed E-state index contributed by atoms with van der Waals surface area (Å²) < 4.78 is 36.9. The molecule has 6 heteroatoms. The topological polar surface area (TPSA) is 75.6 Å². The minimum absolute atomic E-state index is 0.190. The Morgan fingerprint density at radius 2 is 1.95 bits per heavy atom. The lowest BCUT2D eigenvalue weighted by Crippen LogP contribution is -2.03. The molecule has 19 heavy (non-hydrogen) atoms. The fourth-order valence-corrected chi connectivity index (χ4v) is 2.27. The van der Waals surface area contributed by atoms with Crippen LogP contribution >= 0.6 is 0 Å². The van der Waals surface area contributed by atoms with E-state index < -0.39 is 10.1 Å². The van der Waals surface area contributed by atoms with Crippen LogP contribution in [0.5, 0.6) is 5.75 Å². The summed E-state index contributed by atoms with van der Waals surface area (Å²) in [6, 6.07) is 13.9. The third kappa shape index (κ3) is 3.04. The van der Waals surface area contributed by atoms with Gasteiger partial charge in [-0.05, 0) is 30.3 Å². The summed E-state index contributed by atoms with van der Waals surface area (Å²) in [6.45, 7) is 0. The summed E-state index contributed by atoms with van der Waals surface area (Å²) >= 11 is 0. The largest absolute Gasteiger partial charge is 0.495 e. The fourth-order valence-electron chi connectivity index (χ4n) is 1.63. The molecular formula is C13H12NO4S. The average molecular weight is 278 g/mol. The van der Waals surface area contributed by atoms with Crippen molar-refractivity contribution in [1.29, 1.82) is 0 Å². The van der Waals surface area contributed by atoms with Crippen molar-refractivity contribution in [3.05, 3.63) is 48.5 Å². The molecule has 0 heterocycles. The van der Waals surface area contributed by atoms with E-state index in [4.69, 9.17) is 9.29 Å². The predicted octanol–water partition coefficient (Wildman–Crippen LogP) is 2.49. The number of nitrogens with one attached hydrogen (secondary N) is 1. The van der Waals surface area contributed by atoms with Crippen LogP contribution in [0.2, 0.25) is 0 Å². The van der Waals surface area contributed by atoms with E-state index in [2.05, 4.69) is 11.4 Å². The predicted molar refractivity (Wildman–Crippen MR) is 71.4 cm³/mol. The summed E-state index contributed by atoms with van der Waals surface area (Å²) in [5, 5.41) is 2.91. The highest BCUT2D eigenvalue weighted by Crippen LogP contribution is 2.30. The van der Waals surface area contributed by atoms with Crippen molar-refractivity contribution in [2.75, 3.05) is 12.4 Å². The second-order valence-corrected chi connectivity index (χ2v) is 5.11. The van der Waals surface area contributed by atoms with Gasteiger partial charge in [-0.2, -0.15) is 8.42 Å². The highest BCUT2D eigenvalue weighted by atomic mass is 32.2. The van der Waals surface area contributed by atoms with Gasteiger partial charge in [-0.3, -0.25) is 4.55 Å². The van der Waals surface area contributed by atoms with Gasteiger partial charge < -0.3 is 10.1 Å². The minimum Gasteiger partial charge on any atom is -0.495 e. The molecule has 99 valence electrons. The standard InChI is InChI=1S/C13H12NO4S/c1-18-12-8-4-2-6-10(12)14-11-7-3-5-9-13(11)19(15,16)17/h2-3,5-9,14H,1H3,(H,15,16,17). The van der Waals surface area contributed by atoms with E-state index in [0.29, 0.717) is 11.4 Å². The van der Waals surface area contributed by atoms with Crippen molar-refractivity contribution < 1.29 is 17.7 Å². The van der Waals surface area contributed by atoms with Crippen LogP contribution in [0.4, 0.5) is 11.4 Å². The number of rotatable bonds is 4. The molecule has 0 saturated carbocycles. The van der Waals surface area contributed by atoms with Crippen molar-refractivity contribution >= 4 is 21.5 Å². The monoisotopic (exact) mass is 278 g/mol. The number of para-hydroxylation sites is 1. The summed E-state index contributed by atoms with van der Waals surface area (Å²) in [5.74, 6) is 0.521. The number of hydrogen-bond acceptors (Lipinski definition) is 4. The lowest BCUT2D eigenvalue weighted by Gasteiger charge is -2.12. The molecule has 5 nitrogen and oxygen atoms in total. The Balaban J connectivity index is 2.45. The molecule has 0 aromatic heterocycles. The van der Waals surface area contributed by atoms with Gasteiger partial charge in [0.25, 0.3) is 10.1 Å². The van der Waals surface area contributed by atoms with Crippen molar-refractivity contribution in [3.63, 3.8) is 0 Å².